The van der Waals surface area contributed by atoms with Gasteiger partial charge in [0, 0.05) is 17.8 Å². The number of carbonyl (C=O) groups excluding carboxylic acids is 1. The number of ether oxygens (including phenoxy) is 1. The summed E-state index contributed by atoms with van der Waals surface area (Å²) in [6.45, 7) is 2.47. The van der Waals surface area contributed by atoms with E-state index < -0.39 is 6.10 Å². The van der Waals surface area contributed by atoms with Crippen LogP contribution in [-0.2, 0) is 11.2 Å². The van der Waals surface area contributed by atoms with Crippen LogP contribution in [0.2, 0.25) is 0 Å². The average molecular weight is 335 g/mol. The molecule has 2 heterocycles. The van der Waals surface area contributed by atoms with Crippen LogP contribution in [0.15, 0.2) is 59.3 Å². The molecule has 2 aromatic carbocycles. The fourth-order valence-electron chi connectivity index (χ4n) is 3.02. The van der Waals surface area contributed by atoms with Gasteiger partial charge >= 0.3 is 0 Å². The molecule has 0 radical (unpaired) electrons. The summed E-state index contributed by atoms with van der Waals surface area (Å²) < 4.78 is 11.0. The first kappa shape index (κ1) is 15.4. The van der Waals surface area contributed by atoms with Crippen LogP contribution in [0.3, 0.4) is 0 Å². The van der Waals surface area contributed by atoms with Gasteiger partial charge in [-0.3, -0.25) is 4.79 Å². The largest absolute Gasteiger partial charge is 0.481 e. The molecule has 4 rings (SSSR count). The predicted octanol–water partition coefficient (Wildman–Crippen LogP) is 3.09. The Bertz CT molecular complexity index is 875. The normalized spacial score (nSPS) is 14.2. The molecule has 6 nitrogen and oxygen atoms in total. The molecule has 3 aromatic rings. The average Bonchev–Trinajstić information content (AvgIpc) is 3.31. The summed E-state index contributed by atoms with van der Waals surface area (Å²) in [6, 6.07) is 15.2. The van der Waals surface area contributed by atoms with Gasteiger partial charge in [-0.25, -0.2) is 0 Å². The van der Waals surface area contributed by atoms with E-state index >= 15 is 0 Å². The van der Waals surface area contributed by atoms with Crippen LogP contribution in [-0.4, -0.2) is 28.8 Å². The molecule has 1 aliphatic heterocycles. The molecule has 0 spiro atoms. The van der Waals surface area contributed by atoms with E-state index in [1.54, 1.807) is 24.0 Å². The van der Waals surface area contributed by atoms with Gasteiger partial charge in [0.15, 0.2) is 6.10 Å². The summed E-state index contributed by atoms with van der Waals surface area (Å²) in [6.07, 6.45) is 1.60. The first-order valence-electron chi connectivity index (χ1n) is 8.15. The number of aromatic nitrogens is 2. The number of rotatable bonds is 4. The Hall–Kier alpha value is -3.15. The first-order chi connectivity index (χ1) is 12.2. The number of carbonyl (C=O) groups is 1. The van der Waals surface area contributed by atoms with Crippen molar-refractivity contribution in [3.05, 3.63) is 60.5 Å². The highest BCUT2D eigenvalue weighted by molar-refractivity contribution is 5.98. The van der Waals surface area contributed by atoms with Crippen molar-refractivity contribution in [3.63, 3.8) is 0 Å². The Balaban J connectivity index is 1.45. The smallest absolute Gasteiger partial charge is 0.267 e. The zero-order valence-corrected chi connectivity index (χ0v) is 13.8. The quantitative estimate of drug-likeness (QED) is 0.733. The number of para-hydroxylation sites is 1. The van der Waals surface area contributed by atoms with Gasteiger partial charge < -0.3 is 14.1 Å². The summed E-state index contributed by atoms with van der Waals surface area (Å²) in [5.74, 6) is 1.03. The monoisotopic (exact) mass is 335 g/mol. The van der Waals surface area contributed by atoms with Gasteiger partial charge in [0.2, 0.25) is 12.3 Å². The van der Waals surface area contributed by atoms with Gasteiger partial charge in [-0.15, -0.1) is 10.2 Å². The molecule has 0 N–H and O–H groups in total. The van der Waals surface area contributed by atoms with Crippen molar-refractivity contribution in [1.82, 2.24) is 10.2 Å². The second kappa shape index (κ2) is 6.39. The Morgan fingerprint density at radius 3 is 2.76 bits per heavy atom. The molecule has 0 fully saturated rings. The van der Waals surface area contributed by atoms with Crippen LogP contribution < -0.4 is 9.64 Å². The van der Waals surface area contributed by atoms with Crippen molar-refractivity contribution in [2.45, 2.75) is 19.4 Å². The lowest BCUT2D eigenvalue weighted by Crippen LogP contribution is -2.39. The molecule has 1 amide bonds. The van der Waals surface area contributed by atoms with Gasteiger partial charge in [-0.2, -0.15) is 0 Å². The van der Waals surface area contributed by atoms with Crippen molar-refractivity contribution >= 4 is 11.6 Å². The maximum absolute atomic E-state index is 12.7. The highest BCUT2D eigenvalue weighted by Crippen LogP contribution is 2.28. The summed E-state index contributed by atoms with van der Waals surface area (Å²) in [4.78, 5) is 14.5. The molecule has 1 atom stereocenters. The number of anilines is 1. The molecular formula is C19H17N3O3. The van der Waals surface area contributed by atoms with Gasteiger partial charge in [-0.05, 0) is 49.2 Å². The second-order valence-corrected chi connectivity index (χ2v) is 5.90. The number of benzene rings is 2. The van der Waals surface area contributed by atoms with Crippen molar-refractivity contribution < 1.29 is 13.9 Å². The minimum atomic E-state index is -0.569. The van der Waals surface area contributed by atoms with Gasteiger partial charge in [0.1, 0.15) is 5.75 Å². The zero-order chi connectivity index (χ0) is 17.2. The van der Waals surface area contributed by atoms with Crippen LogP contribution in [0, 0.1) is 0 Å². The highest BCUT2D eigenvalue weighted by atomic mass is 16.5. The van der Waals surface area contributed by atoms with E-state index in [-0.39, 0.29) is 5.91 Å². The summed E-state index contributed by atoms with van der Waals surface area (Å²) in [5.41, 5.74) is 2.99. The maximum Gasteiger partial charge on any atom is 0.267 e. The number of hydrogen-bond acceptors (Lipinski definition) is 5. The highest BCUT2D eigenvalue weighted by Gasteiger charge is 2.28. The molecule has 0 bridgehead atoms. The van der Waals surface area contributed by atoms with Crippen molar-refractivity contribution in [2.75, 3.05) is 11.4 Å². The lowest BCUT2D eigenvalue weighted by molar-refractivity contribution is -0.124. The molecule has 0 unspecified atom stereocenters. The van der Waals surface area contributed by atoms with Crippen molar-refractivity contribution in [3.8, 4) is 17.2 Å². The van der Waals surface area contributed by atoms with Crippen LogP contribution in [0.1, 0.15) is 12.5 Å². The lowest BCUT2D eigenvalue weighted by Gasteiger charge is -2.22. The van der Waals surface area contributed by atoms with E-state index in [4.69, 9.17) is 9.15 Å². The Morgan fingerprint density at radius 1 is 1.20 bits per heavy atom. The molecule has 0 saturated carbocycles. The van der Waals surface area contributed by atoms with Crippen molar-refractivity contribution in [1.29, 1.82) is 0 Å². The first-order valence-corrected chi connectivity index (χ1v) is 8.15. The second-order valence-electron chi connectivity index (χ2n) is 5.90. The summed E-state index contributed by atoms with van der Waals surface area (Å²) in [5, 5.41) is 7.52. The summed E-state index contributed by atoms with van der Waals surface area (Å²) >= 11 is 0. The Labute approximate surface area is 145 Å². The van der Waals surface area contributed by atoms with Gasteiger partial charge in [-0.1, -0.05) is 18.2 Å². The molecule has 0 aliphatic carbocycles. The molecule has 0 saturated heterocycles. The fourth-order valence-corrected chi connectivity index (χ4v) is 3.02. The molecule has 1 aliphatic rings. The predicted molar refractivity (Wildman–Crippen MR) is 92.3 cm³/mol. The zero-order valence-electron chi connectivity index (χ0n) is 13.8. The van der Waals surface area contributed by atoms with E-state index in [1.165, 1.54) is 12.0 Å². The Kier molecular flexibility index (Phi) is 3.93. The van der Waals surface area contributed by atoms with Crippen LogP contribution in [0.25, 0.3) is 11.5 Å². The van der Waals surface area contributed by atoms with Crippen LogP contribution in [0.4, 0.5) is 5.69 Å². The Morgan fingerprint density at radius 2 is 2.00 bits per heavy atom. The topological polar surface area (TPSA) is 68.5 Å². The summed E-state index contributed by atoms with van der Waals surface area (Å²) in [7, 11) is 0. The third-order valence-electron chi connectivity index (χ3n) is 4.28. The van der Waals surface area contributed by atoms with Crippen LogP contribution in [0.5, 0.6) is 5.75 Å². The SMILES string of the molecule is C[C@@H](Oc1ccc(-c2nnco2)cc1)C(=O)N1CCc2ccccc21. The third-order valence-corrected chi connectivity index (χ3v) is 4.28. The van der Waals surface area contributed by atoms with E-state index in [0.29, 0.717) is 18.2 Å². The van der Waals surface area contributed by atoms with Crippen molar-refractivity contribution in [2.24, 2.45) is 0 Å². The number of fused-ring (bicyclic) bond motifs is 1. The molecular weight excluding hydrogens is 318 g/mol. The molecule has 6 heteroatoms. The van der Waals surface area contributed by atoms with Gasteiger partial charge in [0.05, 0.1) is 0 Å². The molecule has 126 valence electrons. The van der Waals surface area contributed by atoms with E-state index in [2.05, 4.69) is 16.3 Å². The maximum atomic E-state index is 12.7. The van der Waals surface area contributed by atoms with E-state index in [0.717, 1.165) is 17.7 Å². The number of amides is 1. The third kappa shape index (κ3) is 2.98. The molecule has 25 heavy (non-hydrogen) atoms. The number of nitrogens with zero attached hydrogens (tertiary/aromatic N) is 3. The fraction of sp³-hybridized carbons (Fsp3) is 0.211. The molecule has 1 aromatic heterocycles. The standard InChI is InChI=1S/C19H17N3O3/c1-13(19(23)22-11-10-14-4-2-3-5-17(14)22)25-16-8-6-15(7-9-16)18-21-20-12-24-18/h2-9,12-13H,10-11H2,1H3/t13-/m1/s1. The minimum absolute atomic E-state index is 0.0362. The van der Waals surface area contributed by atoms with Gasteiger partial charge in [0.25, 0.3) is 5.91 Å². The van der Waals surface area contributed by atoms with E-state index in [9.17, 15) is 4.79 Å². The lowest BCUT2D eigenvalue weighted by atomic mass is 10.2. The van der Waals surface area contributed by atoms with Crippen LogP contribution >= 0.6 is 0 Å². The number of hydrogen-bond donors (Lipinski definition) is 0. The minimum Gasteiger partial charge on any atom is -0.481 e. The van der Waals surface area contributed by atoms with E-state index in [1.807, 2.05) is 30.3 Å².